The van der Waals surface area contributed by atoms with Crippen LogP contribution in [-0.2, 0) is 0 Å². The molecule has 4 heteroatoms. The topological polar surface area (TPSA) is 27.7 Å². The minimum atomic E-state index is 0.495. The van der Waals surface area contributed by atoms with E-state index in [1.54, 1.807) is 7.11 Å². The van der Waals surface area contributed by atoms with Crippen LogP contribution in [0.3, 0.4) is 0 Å². The van der Waals surface area contributed by atoms with Crippen LogP contribution in [0.1, 0.15) is 6.92 Å². The first kappa shape index (κ1) is 14.2. The average molecular weight is 263 g/mol. The smallest absolute Gasteiger partial charge is 0.142 e. The first-order valence-corrected chi connectivity index (χ1v) is 6.92. The van der Waals surface area contributed by atoms with Crippen molar-refractivity contribution in [2.45, 2.75) is 19.0 Å². The van der Waals surface area contributed by atoms with Crippen LogP contribution in [0.4, 0.5) is 5.69 Å². The second-order valence-corrected chi connectivity index (χ2v) is 5.32. The van der Waals surface area contributed by atoms with Gasteiger partial charge >= 0.3 is 0 Å². The van der Waals surface area contributed by atoms with Crippen LogP contribution < -0.4 is 15.0 Å². The van der Waals surface area contributed by atoms with Crippen molar-refractivity contribution in [3.63, 3.8) is 0 Å². The minimum Gasteiger partial charge on any atom is -0.495 e. The van der Waals surface area contributed by atoms with E-state index in [1.165, 1.54) is 5.69 Å². The highest BCUT2D eigenvalue weighted by molar-refractivity contribution is 5.59. The summed E-state index contributed by atoms with van der Waals surface area (Å²) in [6.45, 7) is 5.39. The molecule has 1 heterocycles. The zero-order chi connectivity index (χ0) is 13.8. The van der Waals surface area contributed by atoms with Gasteiger partial charge in [-0.25, -0.2) is 0 Å². The maximum Gasteiger partial charge on any atom is 0.142 e. The molecule has 1 aromatic carbocycles. The fraction of sp³-hybridized carbons (Fsp3) is 0.600. The third kappa shape index (κ3) is 3.01. The number of likely N-dealkylation sites (N-methyl/N-ethyl adjacent to an activating group) is 2. The first-order chi connectivity index (χ1) is 9.17. The molecule has 1 aliphatic rings. The maximum atomic E-state index is 5.50. The van der Waals surface area contributed by atoms with Crippen LogP contribution in [0, 0.1) is 0 Å². The molecule has 0 aliphatic carbocycles. The number of piperazine rings is 1. The number of hydrogen-bond acceptors (Lipinski definition) is 4. The standard InChI is InChI=1S/C15H25N3O/c1-12-10-17(3)13(9-16-2)11-18(12)14-7-5-6-8-15(14)19-4/h5-8,12-13,16H,9-11H2,1-4H3. The van der Waals surface area contributed by atoms with Gasteiger partial charge in [0.15, 0.2) is 0 Å². The molecule has 0 aromatic heterocycles. The largest absolute Gasteiger partial charge is 0.495 e. The van der Waals surface area contributed by atoms with Gasteiger partial charge in [0.05, 0.1) is 12.8 Å². The highest BCUT2D eigenvalue weighted by atomic mass is 16.5. The molecule has 106 valence electrons. The average Bonchev–Trinajstić information content (AvgIpc) is 2.42. The molecule has 1 aromatic rings. The molecule has 1 saturated heterocycles. The second kappa shape index (κ2) is 6.26. The molecule has 2 atom stereocenters. The molecular weight excluding hydrogens is 238 g/mol. The van der Waals surface area contributed by atoms with E-state index in [0.29, 0.717) is 12.1 Å². The van der Waals surface area contributed by atoms with Gasteiger partial charge in [0.1, 0.15) is 5.75 Å². The van der Waals surface area contributed by atoms with Crippen molar-refractivity contribution in [1.29, 1.82) is 0 Å². The Bertz CT molecular complexity index is 410. The van der Waals surface area contributed by atoms with Crippen molar-refractivity contribution in [2.75, 3.05) is 45.7 Å². The van der Waals surface area contributed by atoms with Crippen LogP contribution in [0.25, 0.3) is 0 Å². The van der Waals surface area contributed by atoms with Crippen molar-refractivity contribution >= 4 is 5.69 Å². The van der Waals surface area contributed by atoms with E-state index in [-0.39, 0.29) is 0 Å². The van der Waals surface area contributed by atoms with Gasteiger partial charge in [0.25, 0.3) is 0 Å². The van der Waals surface area contributed by atoms with Crippen LogP contribution in [0.15, 0.2) is 24.3 Å². The Kier molecular flexibility index (Phi) is 4.66. The van der Waals surface area contributed by atoms with Crippen molar-refractivity contribution in [3.8, 4) is 5.75 Å². The number of ether oxygens (including phenoxy) is 1. The Hall–Kier alpha value is -1.26. The molecule has 2 rings (SSSR count). The quantitative estimate of drug-likeness (QED) is 0.889. The zero-order valence-corrected chi connectivity index (χ0v) is 12.4. The molecular formula is C15H25N3O. The molecule has 0 saturated carbocycles. The normalized spacial score (nSPS) is 24.5. The van der Waals surface area contributed by atoms with Gasteiger partial charge in [-0.2, -0.15) is 0 Å². The van der Waals surface area contributed by atoms with Gasteiger partial charge in [-0.1, -0.05) is 12.1 Å². The molecule has 0 bridgehead atoms. The summed E-state index contributed by atoms with van der Waals surface area (Å²) in [6, 6.07) is 9.31. The number of nitrogens with one attached hydrogen (secondary N) is 1. The Morgan fingerprint density at radius 2 is 2.05 bits per heavy atom. The number of hydrogen-bond donors (Lipinski definition) is 1. The lowest BCUT2D eigenvalue weighted by Crippen LogP contribution is -2.58. The first-order valence-electron chi connectivity index (χ1n) is 6.92. The fourth-order valence-corrected chi connectivity index (χ4v) is 2.87. The Labute approximate surface area is 116 Å². The highest BCUT2D eigenvalue weighted by Crippen LogP contribution is 2.31. The number of para-hydroxylation sites is 2. The lowest BCUT2D eigenvalue weighted by Gasteiger charge is -2.45. The summed E-state index contributed by atoms with van der Waals surface area (Å²) >= 11 is 0. The van der Waals surface area contributed by atoms with Gasteiger partial charge in [-0.05, 0) is 33.2 Å². The molecule has 0 radical (unpaired) electrons. The van der Waals surface area contributed by atoms with Crippen LogP contribution in [0.5, 0.6) is 5.75 Å². The van der Waals surface area contributed by atoms with Crippen molar-refractivity contribution < 1.29 is 4.74 Å². The SMILES string of the molecule is CNCC1CN(c2ccccc2OC)C(C)CN1C. The summed E-state index contributed by atoms with van der Waals surface area (Å²) in [5, 5.41) is 3.28. The van der Waals surface area contributed by atoms with Gasteiger partial charge in [0.2, 0.25) is 0 Å². The van der Waals surface area contributed by atoms with E-state index in [0.717, 1.165) is 25.4 Å². The molecule has 0 spiro atoms. The van der Waals surface area contributed by atoms with Crippen molar-refractivity contribution in [3.05, 3.63) is 24.3 Å². The van der Waals surface area contributed by atoms with E-state index >= 15 is 0 Å². The highest BCUT2D eigenvalue weighted by Gasteiger charge is 2.30. The van der Waals surface area contributed by atoms with E-state index in [1.807, 2.05) is 19.2 Å². The number of benzene rings is 1. The lowest BCUT2D eigenvalue weighted by atomic mass is 10.1. The molecule has 19 heavy (non-hydrogen) atoms. The molecule has 4 nitrogen and oxygen atoms in total. The Morgan fingerprint density at radius 1 is 1.32 bits per heavy atom. The summed E-state index contributed by atoms with van der Waals surface area (Å²) in [5.74, 6) is 0.960. The Balaban J connectivity index is 2.22. The predicted molar refractivity (Wildman–Crippen MR) is 80.1 cm³/mol. The summed E-state index contributed by atoms with van der Waals surface area (Å²) in [6.07, 6.45) is 0. The summed E-state index contributed by atoms with van der Waals surface area (Å²) in [7, 11) is 5.96. The van der Waals surface area contributed by atoms with Gasteiger partial charge in [-0.3, -0.25) is 4.90 Å². The third-order valence-electron chi connectivity index (χ3n) is 3.95. The number of nitrogens with zero attached hydrogens (tertiary/aromatic N) is 2. The van der Waals surface area contributed by atoms with Crippen molar-refractivity contribution in [2.24, 2.45) is 0 Å². The fourth-order valence-electron chi connectivity index (χ4n) is 2.87. The van der Waals surface area contributed by atoms with E-state index in [2.05, 4.69) is 41.2 Å². The summed E-state index contributed by atoms with van der Waals surface area (Å²) < 4.78 is 5.50. The third-order valence-corrected chi connectivity index (χ3v) is 3.95. The molecule has 1 N–H and O–H groups in total. The lowest BCUT2D eigenvalue weighted by molar-refractivity contribution is 0.190. The minimum absolute atomic E-state index is 0.495. The Morgan fingerprint density at radius 3 is 2.74 bits per heavy atom. The molecule has 0 amide bonds. The maximum absolute atomic E-state index is 5.50. The van der Waals surface area contributed by atoms with Crippen LogP contribution >= 0.6 is 0 Å². The molecule has 1 fully saturated rings. The monoisotopic (exact) mass is 263 g/mol. The molecule has 1 aliphatic heterocycles. The molecule has 2 unspecified atom stereocenters. The summed E-state index contributed by atoms with van der Waals surface area (Å²) in [4.78, 5) is 4.90. The number of anilines is 1. The zero-order valence-electron chi connectivity index (χ0n) is 12.4. The van der Waals surface area contributed by atoms with E-state index < -0.39 is 0 Å². The van der Waals surface area contributed by atoms with Gasteiger partial charge in [0, 0.05) is 31.7 Å². The van der Waals surface area contributed by atoms with E-state index in [4.69, 9.17) is 4.74 Å². The van der Waals surface area contributed by atoms with Crippen molar-refractivity contribution in [1.82, 2.24) is 10.2 Å². The predicted octanol–water partition coefficient (Wildman–Crippen LogP) is 1.42. The number of methoxy groups -OCH3 is 1. The summed E-state index contributed by atoms with van der Waals surface area (Å²) in [5.41, 5.74) is 1.20. The number of rotatable bonds is 4. The van der Waals surface area contributed by atoms with Gasteiger partial charge in [-0.15, -0.1) is 0 Å². The second-order valence-electron chi connectivity index (χ2n) is 5.32. The van der Waals surface area contributed by atoms with Crippen LogP contribution in [0.2, 0.25) is 0 Å². The van der Waals surface area contributed by atoms with Gasteiger partial charge < -0.3 is 15.0 Å². The van der Waals surface area contributed by atoms with E-state index in [9.17, 15) is 0 Å². The van der Waals surface area contributed by atoms with Crippen LogP contribution in [-0.4, -0.2) is 57.8 Å².